The molecule has 0 aliphatic heterocycles. The highest BCUT2D eigenvalue weighted by molar-refractivity contribution is 9.10. The molecule has 0 heterocycles. The Hall–Kier alpha value is -1.000. The number of rotatable bonds is 3. The molecular weight excluding hydrogens is 363 g/mol. The lowest BCUT2D eigenvalue weighted by Gasteiger charge is -2.04. The van der Waals surface area contributed by atoms with Crippen molar-refractivity contribution in [3.05, 3.63) is 68.4 Å². The summed E-state index contributed by atoms with van der Waals surface area (Å²) in [5.74, 6) is -0.527. The van der Waals surface area contributed by atoms with Crippen molar-refractivity contribution in [2.75, 3.05) is 0 Å². The van der Waals surface area contributed by atoms with Gasteiger partial charge in [-0.1, -0.05) is 40.2 Å². The second-order valence-electron chi connectivity index (χ2n) is 3.82. The first-order valence-corrected chi connectivity index (χ1v) is 6.88. The summed E-state index contributed by atoms with van der Waals surface area (Å²) in [6, 6.07) is 11.9. The second kappa shape index (κ2) is 5.76. The molecule has 18 heavy (non-hydrogen) atoms. The van der Waals surface area contributed by atoms with Crippen LogP contribution in [0.1, 0.15) is 15.9 Å². The zero-order valence-corrected chi connectivity index (χ0v) is 12.5. The van der Waals surface area contributed by atoms with Gasteiger partial charge in [0, 0.05) is 16.5 Å². The van der Waals surface area contributed by atoms with Crippen LogP contribution in [0.4, 0.5) is 4.39 Å². The summed E-state index contributed by atoms with van der Waals surface area (Å²) in [7, 11) is 0. The van der Waals surface area contributed by atoms with Crippen molar-refractivity contribution in [3.63, 3.8) is 0 Å². The maximum absolute atomic E-state index is 13.3. The molecule has 0 amide bonds. The maximum Gasteiger partial charge on any atom is 0.167 e. The zero-order chi connectivity index (χ0) is 13.1. The van der Waals surface area contributed by atoms with Gasteiger partial charge in [-0.3, -0.25) is 4.79 Å². The first-order chi connectivity index (χ1) is 8.58. The summed E-state index contributed by atoms with van der Waals surface area (Å²) in [5.41, 5.74) is 1.28. The quantitative estimate of drug-likeness (QED) is 0.710. The number of ketones is 1. The van der Waals surface area contributed by atoms with Crippen molar-refractivity contribution in [1.29, 1.82) is 0 Å². The smallest absolute Gasteiger partial charge is 0.167 e. The topological polar surface area (TPSA) is 17.1 Å². The van der Waals surface area contributed by atoms with E-state index in [0.717, 1.165) is 10.0 Å². The van der Waals surface area contributed by atoms with Gasteiger partial charge in [0.2, 0.25) is 0 Å². The summed E-state index contributed by atoms with van der Waals surface area (Å²) < 4.78 is 14.6. The lowest BCUT2D eigenvalue weighted by Crippen LogP contribution is -2.04. The van der Waals surface area contributed by atoms with Crippen LogP contribution in [0.2, 0.25) is 0 Å². The van der Waals surface area contributed by atoms with E-state index in [1.807, 2.05) is 24.3 Å². The molecule has 0 fully saturated rings. The Morgan fingerprint density at radius 1 is 1.06 bits per heavy atom. The molecule has 0 saturated carbocycles. The Labute approximate surface area is 121 Å². The van der Waals surface area contributed by atoms with Crippen LogP contribution < -0.4 is 0 Å². The van der Waals surface area contributed by atoms with Crippen molar-refractivity contribution in [2.45, 2.75) is 6.42 Å². The van der Waals surface area contributed by atoms with Gasteiger partial charge in [0.1, 0.15) is 5.82 Å². The first kappa shape index (κ1) is 13.4. The van der Waals surface area contributed by atoms with Gasteiger partial charge in [0.25, 0.3) is 0 Å². The number of carbonyl (C=O) groups is 1. The van der Waals surface area contributed by atoms with Crippen LogP contribution in [0.5, 0.6) is 0 Å². The molecule has 0 radical (unpaired) electrons. The lowest BCUT2D eigenvalue weighted by atomic mass is 10.0. The fourth-order valence-electron chi connectivity index (χ4n) is 1.59. The van der Waals surface area contributed by atoms with Gasteiger partial charge in [0.15, 0.2) is 5.78 Å². The minimum atomic E-state index is -0.423. The van der Waals surface area contributed by atoms with E-state index in [2.05, 4.69) is 31.9 Å². The molecule has 0 bridgehead atoms. The summed E-state index contributed by atoms with van der Waals surface area (Å²) in [6.07, 6.45) is 0.252. The Balaban J connectivity index is 2.22. The number of hydrogen-bond acceptors (Lipinski definition) is 1. The van der Waals surface area contributed by atoms with Gasteiger partial charge in [-0.2, -0.15) is 0 Å². The Bertz CT molecular complexity index is 596. The summed E-state index contributed by atoms with van der Waals surface area (Å²) in [4.78, 5) is 12.0. The third-order valence-corrected chi connectivity index (χ3v) is 3.97. The largest absolute Gasteiger partial charge is 0.294 e. The van der Waals surface area contributed by atoms with E-state index in [0.29, 0.717) is 10.0 Å². The van der Waals surface area contributed by atoms with Crippen LogP contribution in [0.25, 0.3) is 0 Å². The van der Waals surface area contributed by atoms with E-state index in [1.165, 1.54) is 6.07 Å². The van der Waals surface area contributed by atoms with Gasteiger partial charge < -0.3 is 0 Å². The molecule has 0 atom stereocenters. The maximum atomic E-state index is 13.3. The van der Waals surface area contributed by atoms with E-state index in [4.69, 9.17) is 0 Å². The number of benzene rings is 2. The van der Waals surface area contributed by atoms with Gasteiger partial charge in [-0.25, -0.2) is 4.39 Å². The van der Waals surface area contributed by atoms with Crippen LogP contribution >= 0.6 is 31.9 Å². The normalized spacial score (nSPS) is 10.4. The van der Waals surface area contributed by atoms with Crippen LogP contribution in [-0.2, 0) is 6.42 Å². The van der Waals surface area contributed by atoms with Gasteiger partial charge in [0.05, 0.1) is 4.47 Å². The van der Waals surface area contributed by atoms with Crippen LogP contribution in [0.15, 0.2) is 51.4 Å². The molecule has 0 N–H and O–H groups in total. The molecule has 92 valence electrons. The van der Waals surface area contributed by atoms with Crippen LogP contribution in [0, 0.1) is 5.82 Å². The van der Waals surface area contributed by atoms with Crippen molar-refractivity contribution in [1.82, 2.24) is 0 Å². The molecule has 2 rings (SSSR count). The second-order valence-corrected chi connectivity index (χ2v) is 5.53. The molecule has 0 spiro atoms. The van der Waals surface area contributed by atoms with Crippen LogP contribution in [0.3, 0.4) is 0 Å². The number of hydrogen-bond donors (Lipinski definition) is 0. The Morgan fingerprint density at radius 2 is 1.78 bits per heavy atom. The Morgan fingerprint density at radius 3 is 2.44 bits per heavy atom. The molecule has 0 saturated heterocycles. The molecule has 1 nitrogen and oxygen atoms in total. The fraction of sp³-hybridized carbons (Fsp3) is 0.0714. The fourth-order valence-corrected chi connectivity index (χ4v) is 2.26. The third-order valence-electron chi connectivity index (χ3n) is 2.55. The molecule has 0 aliphatic carbocycles. The monoisotopic (exact) mass is 370 g/mol. The predicted octanol–water partition coefficient (Wildman–Crippen LogP) is 4.78. The highest BCUT2D eigenvalue weighted by Crippen LogP contribution is 2.20. The van der Waals surface area contributed by atoms with E-state index in [1.54, 1.807) is 12.1 Å². The molecule has 0 aliphatic rings. The minimum Gasteiger partial charge on any atom is -0.294 e. The third kappa shape index (κ3) is 3.06. The molecule has 0 unspecified atom stereocenters. The average Bonchev–Trinajstić information content (AvgIpc) is 2.35. The molecular formula is C14H9Br2FO. The standard InChI is InChI=1S/C14H9Br2FO/c15-11-4-2-1-3-9(11)8-14(18)10-5-6-12(16)13(17)7-10/h1-7H,8H2. The molecule has 2 aromatic carbocycles. The van der Waals surface area contributed by atoms with E-state index < -0.39 is 5.82 Å². The van der Waals surface area contributed by atoms with E-state index in [-0.39, 0.29) is 12.2 Å². The minimum absolute atomic E-state index is 0.103. The molecule has 0 aromatic heterocycles. The van der Waals surface area contributed by atoms with Crippen molar-refractivity contribution >= 4 is 37.6 Å². The highest BCUT2D eigenvalue weighted by Gasteiger charge is 2.11. The molecule has 2 aromatic rings. The predicted molar refractivity (Wildman–Crippen MR) is 76.3 cm³/mol. The summed E-state index contributed by atoms with van der Waals surface area (Å²) >= 11 is 6.45. The summed E-state index contributed by atoms with van der Waals surface area (Å²) in [6.45, 7) is 0. The molecule has 4 heteroatoms. The van der Waals surface area contributed by atoms with Crippen molar-refractivity contribution in [3.8, 4) is 0 Å². The van der Waals surface area contributed by atoms with Crippen LogP contribution in [-0.4, -0.2) is 5.78 Å². The van der Waals surface area contributed by atoms with E-state index in [9.17, 15) is 9.18 Å². The summed E-state index contributed by atoms with van der Waals surface area (Å²) in [5, 5.41) is 0. The van der Waals surface area contributed by atoms with E-state index >= 15 is 0 Å². The van der Waals surface area contributed by atoms with Gasteiger partial charge in [-0.05, 0) is 39.7 Å². The highest BCUT2D eigenvalue weighted by atomic mass is 79.9. The number of halogens is 3. The van der Waals surface area contributed by atoms with Crippen molar-refractivity contribution < 1.29 is 9.18 Å². The zero-order valence-electron chi connectivity index (χ0n) is 9.29. The van der Waals surface area contributed by atoms with Gasteiger partial charge in [-0.15, -0.1) is 0 Å². The average molecular weight is 372 g/mol. The van der Waals surface area contributed by atoms with Gasteiger partial charge >= 0.3 is 0 Å². The van der Waals surface area contributed by atoms with Crippen molar-refractivity contribution in [2.24, 2.45) is 0 Å². The lowest BCUT2D eigenvalue weighted by molar-refractivity contribution is 0.0992. The first-order valence-electron chi connectivity index (χ1n) is 5.29. The Kier molecular flexibility index (Phi) is 4.30. The number of Topliss-reactive ketones (excluding diaryl/α,β-unsaturated/α-hetero) is 1. The SMILES string of the molecule is O=C(Cc1ccccc1Br)c1ccc(Br)c(F)c1. The number of carbonyl (C=O) groups excluding carboxylic acids is 1.